The summed E-state index contributed by atoms with van der Waals surface area (Å²) in [7, 11) is 5.20. The lowest BCUT2D eigenvalue weighted by Crippen LogP contribution is -2.14. The molecule has 28 heavy (non-hydrogen) atoms. The minimum absolute atomic E-state index is 0.403. The Labute approximate surface area is 179 Å². The molecule has 0 amide bonds. The maximum Gasteiger partial charge on any atom is 0.0569 e. The molecule has 0 spiro atoms. The van der Waals surface area contributed by atoms with Crippen LogP contribution >= 0.6 is 0 Å². The van der Waals surface area contributed by atoms with Crippen molar-refractivity contribution >= 4 is 0 Å². The molecule has 0 saturated heterocycles. The van der Waals surface area contributed by atoms with Crippen LogP contribution in [0, 0.1) is 23.7 Å². The molecule has 0 fully saturated rings. The largest absolute Gasteiger partial charge is 0.385 e. The summed E-state index contributed by atoms with van der Waals surface area (Å²) in [6, 6.07) is 0. The molecule has 0 rings (SSSR count). The minimum atomic E-state index is 0.403. The van der Waals surface area contributed by atoms with Crippen molar-refractivity contribution in [3.05, 3.63) is 0 Å². The van der Waals surface area contributed by atoms with Crippen LogP contribution in [0.4, 0.5) is 0 Å². The van der Waals surface area contributed by atoms with Gasteiger partial charge in [-0.2, -0.15) is 0 Å². The molecule has 2 atom stereocenters. The highest BCUT2D eigenvalue weighted by Crippen LogP contribution is 2.03. The maximum atomic E-state index is 5.30. The first-order valence-corrected chi connectivity index (χ1v) is 11.0. The predicted octanol–water partition coefficient (Wildman–Crippen LogP) is 6.71. The molecule has 0 aromatic rings. The molecule has 0 aromatic carbocycles. The third-order valence-electron chi connectivity index (χ3n) is 4.08. The van der Waals surface area contributed by atoms with Gasteiger partial charge in [-0.3, -0.25) is 0 Å². The normalized spacial score (nSPS) is 12.6. The van der Waals surface area contributed by atoms with E-state index in [1.54, 1.807) is 21.3 Å². The van der Waals surface area contributed by atoms with Gasteiger partial charge in [0.1, 0.15) is 0 Å². The smallest absolute Gasteiger partial charge is 0.0569 e. The number of hydrogen-bond acceptors (Lipinski definition) is 4. The van der Waals surface area contributed by atoms with E-state index in [1.165, 1.54) is 6.42 Å². The molecule has 0 aliphatic heterocycles. The van der Waals surface area contributed by atoms with Crippen molar-refractivity contribution in [1.82, 2.24) is 0 Å². The molecule has 4 heteroatoms. The number of rotatable bonds is 10. The molecule has 0 aliphatic carbocycles. The highest BCUT2D eigenvalue weighted by Gasteiger charge is 2.04. The highest BCUT2D eigenvalue weighted by atomic mass is 16.5. The minimum Gasteiger partial charge on any atom is -0.385 e. The summed E-state index contributed by atoms with van der Waals surface area (Å²) in [6.07, 6.45) is 2.00. The first-order chi connectivity index (χ1) is 12.9. The summed E-state index contributed by atoms with van der Waals surface area (Å²) in [5.74, 6) is 2.75. The second-order valence-corrected chi connectivity index (χ2v) is 8.61. The molecule has 0 aliphatic rings. The molecular weight excluding hydrogens is 352 g/mol. The number of ether oxygens (including phenoxy) is 4. The molecule has 0 bridgehead atoms. The third-order valence-corrected chi connectivity index (χ3v) is 4.08. The van der Waals surface area contributed by atoms with Crippen LogP contribution < -0.4 is 0 Å². The molecule has 176 valence electrons. The van der Waals surface area contributed by atoms with Gasteiger partial charge in [0.05, 0.1) is 12.2 Å². The molecule has 0 heterocycles. The van der Waals surface area contributed by atoms with Crippen molar-refractivity contribution < 1.29 is 18.9 Å². The van der Waals surface area contributed by atoms with Gasteiger partial charge < -0.3 is 18.9 Å². The Kier molecular flexibility index (Phi) is 33.8. The van der Waals surface area contributed by atoms with Crippen molar-refractivity contribution in [1.29, 1.82) is 0 Å². The van der Waals surface area contributed by atoms with Crippen LogP contribution in [0.15, 0.2) is 0 Å². The van der Waals surface area contributed by atoms with E-state index in [0.29, 0.717) is 30.0 Å². The molecule has 4 nitrogen and oxygen atoms in total. The van der Waals surface area contributed by atoms with E-state index < -0.39 is 0 Å². The van der Waals surface area contributed by atoms with Crippen molar-refractivity contribution in [2.45, 2.75) is 94.8 Å². The van der Waals surface area contributed by atoms with Gasteiger partial charge in [-0.05, 0) is 50.9 Å². The fourth-order valence-corrected chi connectivity index (χ4v) is 1.41. The number of methoxy groups -OCH3 is 3. The van der Waals surface area contributed by atoms with Gasteiger partial charge in [-0.15, -0.1) is 0 Å². The lowest BCUT2D eigenvalue weighted by Gasteiger charge is -2.14. The van der Waals surface area contributed by atoms with E-state index in [9.17, 15) is 0 Å². The maximum absolute atomic E-state index is 5.30. The van der Waals surface area contributed by atoms with Crippen molar-refractivity contribution in [3.63, 3.8) is 0 Å². The van der Waals surface area contributed by atoms with Gasteiger partial charge in [0, 0.05) is 41.2 Å². The SMILES string of the molecule is CCOC(C)C(C)C.COC(C)C(C)C.COCC(C)C.COCCC(C)C. The van der Waals surface area contributed by atoms with Crippen LogP contribution in [0.2, 0.25) is 0 Å². The van der Waals surface area contributed by atoms with E-state index in [2.05, 4.69) is 69.2 Å². The van der Waals surface area contributed by atoms with Gasteiger partial charge in [0.15, 0.2) is 0 Å². The zero-order valence-electron chi connectivity index (χ0n) is 21.9. The second-order valence-electron chi connectivity index (χ2n) is 8.61. The van der Waals surface area contributed by atoms with Gasteiger partial charge in [0.2, 0.25) is 0 Å². The molecule has 0 saturated carbocycles. The molecule has 0 radical (unpaired) electrons. The van der Waals surface area contributed by atoms with Crippen molar-refractivity contribution in [2.75, 3.05) is 41.2 Å². The van der Waals surface area contributed by atoms with Crippen LogP contribution in [-0.4, -0.2) is 53.4 Å². The lowest BCUT2D eigenvalue weighted by molar-refractivity contribution is 0.0443. The highest BCUT2D eigenvalue weighted by molar-refractivity contribution is 4.53. The standard InChI is InChI=1S/C7H16O.2C6H14O.C5H12O/c1-5-8-7(4)6(2)3;1-6(2)4-5-7-3;1-5(2)6(3)7-4;1-5(2)4-6-3/h6-7H,5H2,1-4H3;6H,4-5H2,1-3H3;5-6H,1-4H3;5H,4H2,1-3H3. The molecule has 2 unspecified atom stereocenters. The average molecular weight is 409 g/mol. The Morgan fingerprint density at radius 2 is 1.07 bits per heavy atom. The molecule has 0 aromatic heterocycles. The summed E-state index contributed by atoms with van der Waals surface area (Å²) in [5.41, 5.74) is 0. The zero-order valence-corrected chi connectivity index (χ0v) is 21.9. The lowest BCUT2D eigenvalue weighted by atomic mass is 10.1. The van der Waals surface area contributed by atoms with Gasteiger partial charge in [0.25, 0.3) is 0 Å². The van der Waals surface area contributed by atoms with Crippen molar-refractivity contribution in [2.24, 2.45) is 23.7 Å². The fourth-order valence-electron chi connectivity index (χ4n) is 1.41. The van der Waals surface area contributed by atoms with Crippen LogP contribution in [0.1, 0.15) is 82.6 Å². The Bertz CT molecular complexity index is 253. The molecule has 0 N–H and O–H groups in total. The summed E-state index contributed by atoms with van der Waals surface area (Å²) in [5, 5.41) is 0. The van der Waals surface area contributed by atoms with E-state index in [0.717, 1.165) is 25.7 Å². The van der Waals surface area contributed by atoms with E-state index >= 15 is 0 Å². The Morgan fingerprint density at radius 3 is 1.14 bits per heavy atom. The first-order valence-electron chi connectivity index (χ1n) is 11.0. The topological polar surface area (TPSA) is 36.9 Å². The summed E-state index contributed by atoms with van der Waals surface area (Å²) < 4.78 is 20.0. The van der Waals surface area contributed by atoms with Gasteiger partial charge in [-0.1, -0.05) is 55.4 Å². The summed E-state index contributed by atoms with van der Waals surface area (Å²) in [6.45, 7) is 26.1. The molecular formula is C24H56O4. The third kappa shape index (κ3) is 40.5. The predicted molar refractivity (Wildman–Crippen MR) is 125 cm³/mol. The first kappa shape index (κ1) is 35.3. The monoisotopic (exact) mass is 408 g/mol. The number of hydrogen-bond donors (Lipinski definition) is 0. The quantitative estimate of drug-likeness (QED) is 0.402. The summed E-state index contributed by atoms with van der Waals surface area (Å²) in [4.78, 5) is 0. The zero-order chi connectivity index (χ0) is 23.1. The Morgan fingerprint density at radius 1 is 0.607 bits per heavy atom. The fraction of sp³-hybridized carbons (Fsp3) is 1.00. The Hall–Kier alpha value is -0.160. The summed E-state index contributed by atoms with van der Waals surface area (Å²) >= 11 is 0. The van der Waals surface area contributed by atoms with Gasteiger partial charge in [-0.25, -0.2) is 0 Å². The average Bonchev–Trinajstić information content (AvgIpc) is 2.60. The Balaban J connectivity index is -0.000000138. The van der Waals surface area contributed by atoms with E-state index in [-0.39, 0.29) is 0 Å². The van der Waals surface area contributed by atoms with E-state index in [4.69, 9.17) is 18.9 Å². The second kappa shape index (κ2) is 26.8. The van der Waals surface area contributed by atoms with Crippen LogP contribution in [0.25, 0.3) is 0 Å². The van der Waals surface area contributed by atoms with Crippen LogP contribution in [-0.2, 0) is 18.9 Å². The van der Waals surface area contributed by atoms with E-state index in [1.807, 2.05) is 6.92 Å². The van der Waals surface area contributed by atoms with Gasteiger partial charge >= 0.3 is 0 Å². The van der Waals surface area contributed by atoms with Crippen LogP contribution in [0.5, 0.6) is 0 Å². The van der Waals surface area contributed by atoms with Crippen molar-refractivity contribution in [3.8, 4) is 0 Å². The van der Waals surface area contributed by atoms with Crippen LogP contribution in [0.3, 0.4) is 0 Å².